The normalized spacial score (nSPS) is 13.8. The lowest BCUT2D eigenvalue weighted by molar-refractivity contribution is -0.115. The molecule has 4 heterocycles. The number of carbonyl (C=O) groups excluding carboxylic acids is 1. The van der Waals surface area contributed by atoms with E-state index in [1.807, 2.05) is 12.1 Å². The van der Waals surface area contributed by atoms with Crippen molar-refractivity contribution < 1.29 is 18.0 Å². The second kappa shape index (κ2) is 8.81. The minimum Gasteiger partial charge on any atom is -0.345 e. The second-order valence-corrected chi connectivity index (χ2v) is 8.99. The Hall–Kier alpha value is -4.59. The number of nitrogens with zero attached hydrogens (tertiary/aromatic N) is 7. The van der Waals surface area contributed by atoms with E-state index in [1.54, 1.807) is 40.7 Å². The van der Waals surface area contributed by atoms with E-state index in [0.29, 0.717) is 22.8 Å². The number of hydrogen-bond donors (Lipinski definition) is 2. The van der Waals surface area contributed by atoms with Gasteiger partial charge >= 0.3 is 12.2 Å². The number of aromatic amines is 1. The van der Waals surface area contributed by atoms with Crippen molar-refractivity contribution in [3.63, 3.8) is 0 Å². The van der Waals surface area contributed by atoms with Crippen molar-refractivity contribution in [2.24, 2.45) is 0 Å². The van der Waals surface area contributed by atoms with Gasteiger partial charge in [-0.3, -0.25) is 10.00 Å². The molecule has 0 radical (unpaired) electrons. The van der Waals surface area contributed by atoms with E-state index in [2.05, 4.69) is 35.5 Å². The fourth-order valence-corrected chi connectivity index (χ4v) is 4.69. The second-order valence-electron chi connectivity index (χ2n) is 8.10. The minimum atomic E-state index is -4.45. The molecule has 6 rings (SSSR count). The molecule has 186 valence electrons. The van der Waals surface area contributed by atoms with E-state index < -0.39 is 18.8 Å². The van der Waals surface area contributed by atoms with Gasteiger partial charge in [0.25, 0.3) is 0 Å². The molecule has 0 atom stereocenters. The highest BCUT2D eigenvalue weighted by Gasteiger charge is 2.35. The lowest BCUT2D eigenvalue weighted by Gasteiger charge is -2.36. The van der Waals surface area contributed by atoms with Gasteiger partial charge in [0.2, 0.25) is 5.95 Å². The molecule has 2 aromatic carbocycles. The zero-order valence-corrected chi connectivity index (χ0v) is 19.6. The zero-order chi connectivity index (χ0) is 25.6. The molecule has 14 heteroatoms. The third-order valence-electron chi connectivity index (χ3n) is 5.69. The van der Waals surface area contributed by atoms with Gasteiger partial charge in [0.05, 0.1) is 28.0 Å². The molecule has 2 N–H and O–H groups in total. The first-order chi connectivity index (χ1) is 17.9. The molecule has 0 spiro atoms. The molecule has 0 saturated carbocycles. The summed E-state index contributed by atoms with van der Waals surface area (Å²) in [4.78, 5) is 33.5. The Morgan fingerprint density at radius 3 is 2.62 bits per heavy atom. The van der Waals surface area contributed by atoms with E-state index in [4.69, 9.17) is 0 Å². The fourth-order valence-electron chi connectivity index (χ4n) is 3.98. The molecular weight excluding hydrogens is 507 g/mol. The van der Waals surface area contributed by atoms with Crippen molar-refractivity contribution in [2.45, 2.75) is 12.7 Å². The van der Waals surface area contributed by atoms with Crippen molar-refractivity contribution in [1.29, 1.82) is 0 Å². The summed E-state index contributed by atoms with van der Waals surface area (Å²) in [6, 6.07) is 12.0. The van der Waals surface area contributed by atoms with E-state index >= 15 is 0 Å². The average Bonchev–Trinajstić information content (AvgIpc) is 3.59. The lowest BCUT2D eigenvalue weighted by Crippen LogP contribution is -2.45. The topological polar surface area (TPSA) is 116 Å². The van der Waals surface area contributed by atoms with Gasteiger partial charge in [-0.15, -0.1) is 11.3 Å². The minimum absolute atomic E-state index is 0.144. The summed E-state index contributed by atoms with van der Waals surface area (Å²) in [5, 5.41) is 8.81. The summed E-state index contributed by atoms with van der Waals surface area (Å²) in [6.45, 7) is -1.16. The monoisotopic (exact) mass is 523 g/mol. The molecule has 1 aliphatic rings. The number of anilines is 4. The predicted molar refractivity (Wildman–Crippen MR) is 132 cm³/mol. The van der Waals surface area contributed by atoms with Crippen LogP contribution in [0.5, 0.6) is 0 Å². The van der Waals surface area contributed by atoms with Gasteiger partial charge in [0.1, 0.15) is 12.9 Å². The highest BCUT2D eigenvalue weighted by molar-refractivity contribution is 7.16. The van der Waals surface area contributed by atoms with Crippen LogP contribution < -0.4 is 15.1 Å². The van der Waals surface area contributed by atoms with Crippen LogP contribution in [0.3, 0.4) is 0 Å². The first-order valence-electron chi connectivity index (χ1n) is 10.9. The van der Waals surface area contributed by atoms with Gasteiger partial charge in [0, 0.05) is 23.0 Å². The van der Waals surface area contributed by atoms with Crippen molar-refractivity contribution in [3.05, 3.63) is 66.1 Å². The Morgan fingerprint density at radius 2 is 1.86 bits per heavy atom. The van der Waals surface area contributed by atoms with E-state index in [1.165, 1.54) is 28.8 Å². The fraction of sp³-hybridized carbons (Fsp3) is 0.130. The first kappa shape index (κ1) is 22.8. The van der Waals surface area contributed by atoms with Gasteiger partial charge in [-0.1, -0.05) is 0 Å². The number of amides is 2. The zero-order valence-electron chi connectivity index (χ0n) is 18.8. The van der Waals surface area contributed by atoms with Crippen LogP contribution in [0, 0.1) is 0 Å². The first-order valence-corrected chi connectivity index (χ1v) is 11.8. The number of aromatic nitrogens is 6. The Balaban J connectivity index is 1.41. The van der Waals surface area contributed by atoms with E-state index in [0.717, 1.165) is 15.8 Å². The van der Waals surface area contributed by atoms with Gasteiger partial charge < -0.3 is 5.32 Å². The number of halogens is 3. The Labute approximate surface area is 210 Å². The van der Waals surface area contributed by atoms with Crippen LogP contribution in [-0.2, 0) is 6.54 Å². The van der Waals surface area contributed by atoms with Crippen LogP contribution >= 0.6 is 11.3 Å². The van der Waals surface area contributed by atoms with Crippen LogP contribution in [0.2, 0.25) is 0 Å². The molecule has 0 saturated heterocycles. The number of alkyl halides is 3. The van der Waals surface area contributed by atoms with Crippen LogP contribution in [0.1, 0.15) is 5.56 Å². The lowest BCUT2D eigenvalue weighted by atomic mass is 10.1. The summed E-state index contributed by atoms with van der Waals surface area (Å²) >= 11 is 1.46. The number of hydrogen-bond acceptors (Lipinski definition) is 8. The van der Waals surface area contributed by atoms with Crippen LogP contribution in [0.15, 0.2) is 60.5 Å². The van der Waals surface area contributed by atoms with Gasteiger partial charge in [-0.25, -0.2) is 24.6 Å². The quantitative estimate of drug-likeness (QED) is 0.328. The van der Waals surface area contributed by atoms with Crippen LogP contribution in [-0.4, -0.2) is 48.9 Å². The summed E-state index contributed by atoms with van der Waals surface area (Å²) in [5.41, 5.74) is 4.98. The molecule has 5 aromatic rings. The largest absolute Gasteiger partial charge is 0.405 e. The predicted octanol–water partition coefficient (Wildman–Crippen LogP) is 5.12. The standard InChI is InChI=1S/C23H16F3N9OS/c24-23(25,26)10-28-21-27-8-14-9-34(16-5-6-17-18(7-16)37-12-30-17)22(36)35(20(14)32-21)15-3-1-13(2-4-15)19-29-11-31-33-19/h1-8,11-12H,9-10H2,(H,27,28,32)(H,29,31,33). The summed E-state index contributed by atoms with van der Waals surface area (Å²) in [6.07, 6.45) is -1.63. The molecular formula is C23H16F3N9OS. The van der Waals surface area contributed by atoms with E-state index in [-0.39, 0.29) is 18.3 Å². The van der Waals surface area contributed by atoms with Gasteiger partial charge in [-0.2, -0.15) is 23.3 Å². The maximum atomic E-state index is 13.9. The highest BCUT2D eigenvalue weighted by Crippen LogP contribution is 2.37. The molecule has 2 amide bonds. The smallest absolute Gasteiger partial charge is 0.345 e. The highest BCUT2D eigenvalue weighted by atomic mass is 32.1. The molecule has 0 fully saturated rings. The Kier molecular flexibility index (Phi) is 5.44. The summed E-state index contributed by atoms with van der Waals surface area (Å²) in [7, 11) is 0. The molecule has 3 aromatic heterocycles. The summed E-state index contributed by atoms with van der Waals surface area (Å²) < 4.78 is 39.2. The van der Waals surface area contributed by atoms with Crippen molar-refractivity contribution >= 4 is 50.7 Å². The van der Waals surface area contributed by atoms with E-state index in [9.17, 15) is 18.0 Å². The molecule has 0 unspecified atom stereocenters. The SMILES string of the molecule is O=C1N(c2ccc3ncsc3c2)Cc2cnc(NCC(F)(F)F)nc2N1c1ccc(-c2ncn[nH]2)cc1. The summed E-state index contributed by atoms with van der Waals surface area (Å²) in [5.74, 6) is 0.524. The number of fused-ring (bicyclic) bond motifs is 2. The molecule has 0 bridgehead atoms. The average molecular weight is 524 g/mol. The van der Waals surface area contributed by atoms with Crippen molar-refractivity contribution in [2.75, 3.05) is 21.7 Å². The van der Waals surface area contributed by atoms with Crippen LogP contribution in [0.4, 0.5) is 41.1 Å². The number of urea groups is 1. The number of benzene rings is 2. The Bertz CT molecular complexity index is 1590. The van der Waals surface area contributed by atoms with Crippen molar-refractivity contribution in [3.8, 4) is 11.4 Å². The Morgan fingerprint density at radius 1 is 1.05 bits per heavy atom. The molecule has 0 aliphatic carbocycles. The van der Waals surface area contributed by atoms with Gasteiger partial charge in [-0.05, 0) is 42.5 Å². The third-order valence-corrected chi connectivity index (χ3v) is 6.48. The number of rotatable bonds is 5. The number of carbonyl (C=O) groups is 1. The third kappa shape index (κ3) is 4.42. The number of nitrogens with one attached hydrogen (secondary N) is 2. The maximum Gasteiger partial charge on any atom is 0.405 e. The number of H-pyrrole nitrogens is 1. The van der Waals surface area contributed by atoms with Crippen LogP contribution in [0.25, 0.3) is 21.6 Å². The number of thiazole rings is 1. The molecule has 1 aliphatic heterocycles. The van der Waals surface area contributed by atoms with Crippen molar-refractivity contribution in [1.82, 2.24) is 30.1 Å². The van der Waals surface area contributed by atoms with Gasteiger partial charge in [0.15, 0.2) is 11.6 Å². The molecule has 37 heavy (non-hydrogen) atoms. The maximum absolute atomic E-state index is 13.9. The molecule has 10 nitrogen and oxygen atoms in total.